The van der Waals surface area contributed by atoms with Crippen LogP contribution in [-0.2, 0) is 5.54 Å². The van der Waals surface area contributed by atoms with Crippen molar-refractivity contribution in [3.63, 3.8) is 0 Å². The second kappa shape index (κ2) is 4.07. The molecule has 1 fully saturated rings. The van der Waals surface area contributed by atoms with Gasteiger partial charge in [0, 0.05) is 16.6 Å². The van der Waals surface area contributed by atoms with Crippen molar-refractivity contribution in [2.45, 2.75) is 31.2 Å². The Morgan fingerprint density at radius 3 is 2.29 bits per heavy atom. The van der Waals surface area contributed by atoms with Crippen molar-refractivity contribution in [2.75, 3.05) is 13.2 Å². The van der Waals surface area contributed by atoms with E-state index in [0.29, 0.717) is 18.2 Å². The van der Waals surface area contributed by atoms with Gasteiger partial charge in [0.1, 0.15) is 13.2 Å². The standard InChI is InChI=1S/C13H16ClNO2/c14-10-8-12-11(16-5-6-17-12)7-9(10)13(15)3-1-2-4-13/h7-8H,1-6,15H2. The average molecular weight is 254 g/mol. The van der Waals surface area contributed by atoms with Crippen molar-refractivity contribution in [2.24, 2.45) is 5.73 Å². The third kappa shape index (κ3) is 1.87. The van der Waals surface area contributed by atoms with E-state index in [1.807, 2.05) is 12.1 Å². The zero-order valence-electron chi connectivity index (χ0n) is 9.67. The number of halogens is 1. The van der Waals surface area contributed by atoms with Crippen molar-refractivity contribution in [1.82, 2.24) is 0 Å². The summed E-state index contributed by atoms with van der Waals surface area (Å²) in [4.78, 5) is 0. The first-order valence-electron chi connectivity index (χ1n) is 6.08. The van der Waals surface area contributed by atoms with E-state index in [0.717, 1.165) is 29.9 Å². The van der Waals surface area contributed by atoms with Gasteiger partial charge in [0.15, 0.2) is 11.5 Å². The smallest absolute Gasteiger partial charge is 0.162 e. The first-order valence-corrected chi connectivity index (χ1v) is 6.45. The minimum Gasteiger partial charge on any atom is -0.486 e. The average Bonchev–Trinajstić information content (AvgIpc) is 2.76. The summed E-state index contributed by atoms with van der Waals surface area (Å²) < 4.78 is 11.1. The molecule has 0 atom stereocenters. The predicted octanol–water partition coefficient (Wildman–Crippen LogP) is 2.84. The lowest BCUT2D eigenvalue weighted by molar-refractivity contribution is 0.171. The molecule has 0 saturated heterocycles. The number of benzene rings is 1. The summed E-state index contributed by atoms with van der Waals surface area (Å²) in [5, 5.41) is 0.693. The van der Waals surface area contributed by atoms with Crippen molar-refractivity contribution in [1.29, 1.82) is 0 Å². The molecule has 1 aromatic rings. The highest BCUT2D eigenvalue weighted by atomic mass is 35.5. The molecule has 92 valence electrons. The van der Waals surface area contributed by atoms with Crippen LogP contribution in [0, 0.1) is 0 Å². The Hall–Kier alpha value is -0.930. The molecule has 1 aliphatic heterocycles. The summed E-state index contributed by atoms with van der Waals surface area (Å²) >= 11 is 6.32. The van der Waals surface area contributed by atoms with Gasteiger partial charge in [-0.15, -0.1) is 0 Å². The van der Waals surface area contributed by atoms with Crippen LogP contribution in [0.5, 0.6) is 11.5 Å². The monoisotopic (exact) mass is 253 g/mol. The van der Waals surface area contributed by atoms with Crippen molar-refractivity contribution in [3.05, 3.63) is 22.7 Å². The van der Waals surface area contributed by atoms with Crippen molar-refractivity contribution >= 4 is 11.6 Å². The zero-order valence-corrected chi connectivity index (χ0v) is 10.4. The van der Waals surface area contributed by atoms with E-state index in [4.69, 9.17) is 26.8 Å². The fourth-order valence-electron chi connectivity index (χ4n) is 2.72. The van der Waals surface area contributed by atoms with Crippen LogP contribution in [-0.4, -0.2) is 13.2 Å². The van der Waals surface area contributed by atoms with Crippen LogP contribution >= 0.6 is 11.6 Å². The van der Waals surface area contributed by atoms with E-state index in [9.17, 15) is 0 Å². The lowest BCUT2D eigenvalue weighted by Crippen LogP contribution is -2.33. The number of nitrogens with two attached hydrogens (primary N) is 1. The quantitative estimate of drug-likeness (QED) is 0.837. The first kappa shape index (κ1) is 11.2. The minimum absolute atomic E-state index is 0.285. The Labute approximate surface area is 106 Å². The molecular formula is C13H16ClNO2. The third-order valence-electron chi connectivity index (χ3n) is 3.66. The maximum Gasteiger partial charge on any atom is 0.162 e. The summed E-state index contributed by atoms with van der Waals surface area (Å²) in [5.41, 5.74) is 7.15. The van der Waals surface area contributed by atoms with Gasteiger partial charge in [0.25, 0.3) is 0 Å². The molecule has 0 unspecified atom stereocenters. The number of hydrogen-bond acceptors (Lipinski definition) is 3. The lowest BCUT2D eigenvalue weighted by Gasteiger charge is -2.28. The summed E-state index contributed by atoms with van der Waals surface area (Å²) in [7, 11) is 0. The second-order valence-electron chi connectivity index (χ2n) is 4.84. The van der Waals surface area contributed by atoms with Gasteiger partial charge in [-0.2, -0.15) is 0 Å². The van der Waals surface area contributed by atoms with Crippen molar-refractivity contribution in [3.8, 4) is 11.5 Å². The van der Waals surface area contributed by atoms with Gasteiger partial charge >= 0.3 is 0 Å². The van der Waals surface area contributed by atoms with Crippen LogP contribution < -0.4 is 15.2 Å². The molecule has 0 bridgehead atoms. The lowest BCUT2D eigenvalue weighted by atomic mass is 9.89. The predicted molar refractivity (Wildman–Crippen MR) is 66.8 cm³/mol. The van der Waals surface area contributed by atoms with Gasteiger partial charge in [0.05, 0.1) is 0 Å². The molecule has 0 spiro atoms. The largest absolute Gasteiger partial charge is 0.486 e. The Bertz CT molecular complexity index is 441. The van der Waals surface area contributed by atoms with E-state index in [1.54, 1.807) is 0 Å². The molecule has 0 radical (unpaired) electrons. The van der Waals surface area contributed by atoms with E-state index in [2.05, 4.69) is 0 Å². The maximum absolute atomic E-state index is 6.43. The topological polar surface area (TPSA) is 44.5 Å². The van der Waals surface area contributed by atoms with Gasteiger partial charge in [-0.3, -0.25) is 0 Å². The fourth-order valence-corrected chi connectivity index (χ4v) is 3.06. The Morgan fingerprint density at radius 1 is 1.06 bits per heavy atom. The highest BCUT2D eigenvalue weighted by Gasteiger charge is 2.34. The van der Waals surface area contributed by atoms with E-state index >= 15 is 0 Å². The SMILES string of the molecule is NC1(c2cc3c(cc2Cl)OCCO3)CCCC1. The summed E-state index contributed by atoms with van der Waals surface area (Å²) in [6, 6.07) is 3.79. The van der Waals surface area contributed by atoms with Crippen LogP contribution in [0.25, 0.3) is 0 Å². The van der Waals surface area contributed by atoms with Gasteiger partial charge in [-0.1, -0.05) is 24.4 Å². The van der Waals surface area contributed by atoms with Crippen LogP contribution in [0.2, 0.25) is 5.02 Å². The van der Waals surface area contributed by atoms with Gasteiger partial charge < -0.3 is 15.2 Å². The molecule has 1 aliphatic carbocycles. The molecule has 1 saturated carbocycles. The summed E-state index contributed by atoms with van der Waals surface area (Å²) in [5.74, 6) is 1.50. The summed E-state index contributed by atoms with van der Waals surface area (Å²) in [6.07, 6.45) is 4.32. The maximum atomic E-state index is 6.43. The number of hydrogen-bond donors (Lipinski definition) is 1. The van der Waals surface area contributed by atoms with Gasteiger partial charge in [-0.05, 0) is 24.5 Å². The highest BCUT2D eigenvalue weighted by molar-refractivity contribution is 6.31. The first-order chi connectivity index (χ1) is 8.19. The number of rotatable bonds is 1. The van der Waals surface area contributed by atoms with Crippen LogP contribution in [0.3, 0.4) is 0 Å². The molecular weight excluding hydrogens is 238 g/mol. The Kier molecular flexibility index (Phi) is 2.68. The molecule has 1 heterocycles. The third-order valence-corrected chi connectivity index (χ3v) is 3.98. The van der Waals surface area contributed by atoms with E-state index < -0.39 is 0 Å². The van der Waals surface area contributed by atoms with Crippen molar-refractivity contribution < 1.29 is 9.47 Å². The zero-order chi connectivity index (χ0) is 11.9. The molecule has 1 aromatic carbocycles. The molecule has 0 amide bonds. The van der Waals surface area contributed by atoms with Crippen LogP contribution in [0.4, 0.5) is 0 Å². The molecule has 17 heavy (non-hydrogen) atoms. The van der Waals surface area contributed by atoms with Crippen LogP contribution in [0.1, 0.15) is 31.2 Å². The molecule has 4 heteroatoms. The highest BCUT2D eigenvalue weighted by Crippen LogP contribution is 2.44. The fraction of sp³-hybridized carbons (Fsp3) is 0.538. The minimum atomic E-state index is -0.285. The van der Waals surface area contributed by atoms with E-state index in [-0.39, 0.29) is 5.54 Å². The number of fused-ring (bicyclic) bond motifs is 1. The molecule has 2 aliphatic rings. The van der Waals surface area contributed by atoms with Gasteiger partial charge in [-0.25, -0.2) is 0 Å². The normalized spacial score (nSPS) is 21.5. The second-order valence-corrected chi connectivity index (χ2v) is 5.25. The van der Waals surface area contributed by atoms with Crippen LogP contribution in [0.15, 0.2) is 12.1 Å². The molecule has 0 aromatic heterocycles. The molecule has 3 nitrogen and oxygen atoms in total. The molecule has 2 N–H and O–H groups in total. The Balaban J connectivity index is 2.04. The summed E-state index contributed by atoms with van der Waals surface area (Å²) in [6.45, 7) is 1.17. The molecule has 3 rings (SSSR count). The van der Waals surface area contributed by atoms with Gasteiger partial charge in [0.2, 0.25) is 0 Å². The Morgan fingerprint density at radius 2 is 1.65 bits per heavy atom. The number of ether oxygens (including phenoxy) is 2. The van der Waals surface area contributed by atoms with E-state index in [1.165, 1.54) is 12.8 Å².